The Labute approximate surface area is 91.7 Å². The molecule has 0 aliphatic carbocycles. The average molecular weight is 228 g/mol. The standard InChI is InChI=1S/C9H10ClN3O2/c1-15-8(14)5-2-3-6(10)7(4-5)13-9(11)12/h2-4H,1H3,(H4,11,12,13). The minimum Gasteiger partial charge on any atom is -0.465 e. The van der Waals surface area contributed by atoms with E-state index < -0.39 is 5.97 Å². The Morgan fingerprint density at radius 3 is 2.67 bits per heavy atom. The van der Waals surface area contributed by atoms with Gasteiger partial charge in [0, 0.05) is 0 Å². The van der Waals surface area contributed by atoms with Gasteiger partial charge < -0.3 is 16.2 Å². The lowest BCUT2D eigenvalue weighted by Crippen LogP contribution is -2.22. The summed E-state index contributed by atoms with van der Waals surface area (Å²) >= 11 is 5.82. The molecule has 0 fully saturated rings. The van der Waals surface area contributed by atoms with Crippen molar-refractivity contribution in [3.05, 3.63) is 28.8 Å². The van der Waals surface area contributed by atoms with E-state index in [1.54, 1.807) is 0 Å². The van der Waals surface area contributed by atoms with E-state index in [4.69, 9.17) is 23.1 Å². The van der Waals surface area contributed by atoms with Crippen LogP contribution < -0.4 is 11.5 Å². The summed E-state index contributed by atoms with van der Waals surface area (Å²) in [5, 5.41) is 0.357. The van der Waals surface area contributed by atoms with Crippen LogP contribution in [0.3, 0.4) is 0 Å². The number of rotatable bonds is 2. The predicted molar refractivity (Wildman–Crippen MR) is 58.3 cm³/mol. The number of methoxy groups -OCH3 is 1. The molecular weight excluding hydrogens is 218 g/mol. The van der Waals surface area contributed by atoms with Crippen molar-refractivity contribution in [1.29, 1.82) is 0 Å². The minimum atomic E-state index is -0.473. The molecule has 6 heteroatoms. The lowest BCUT2D eigenvalue weighted by molar-refractivity contribution is 0.0601. The highest BCUT2D eigenvalue weighted by Gasteiger charge is 2.08. The molecule has 0 aliphatic rings. The van der Waals surface area contributed by atoms with Crippen molar-refractivity contribution in [2.45, 2.75) is 0 Å². The molecule has 1 rings (SSSR count). The zero-order chi connectivity index (χ0) is 11.4. The number of esters is 1. The van der Waals surface area contributed by atoms with Crippen molar-refractivity contribution in [3.8, 4) is 0 Å². The molecule has 1 aromatic rings. The lowest BCUT2D eigenvalue weighted by atomic mass is 10.2. The Morgan fingerprint density at radius 1 is 1.47 bits per heavy atom. The van der Waals surface area contributed by atoms with Crippen LogP contribution in [0.25, 0.3) is 0 Å². The highest BCUT2D eigenvalue weighted by molar-refractivity contribution is 6.33. The molecule has 0 saturated heterocycles. The molecule has 15 heavy (non-hydrogen) atoms. The van der Waals surface area contributed by atoms with Gasteiger partial charge in [-0.3, -0.25) is 0 Å². The molecule has 0 aromatic heterocycles. The third-order valence-corrected chi connectivity index (χ3v) is 1.94. The van der Waals surface area contributed by atoms with E-state index in [1.807, 2.05) is 0 Å². The Bertz CT molecular complexity index is 414. The van der Waals surface area contributed by atoms with Crippen LogP contribution in [0.1, 0.15) is 10.4 Å². The van der Waals surface area contributed by atoms with Crippen molar-refractivity contribution < 1.29 is 9.53 Å². The van der Waals surface area contributed by atoms with Gasteiger partial charge in [0.25, 0.3) is 0 Å². The van der Waals surface area contributed by atoms with Crippen molar-refractivity contribution in [2.24, 2.45) is 16.5 Å². The number of carbonyl (C=O) groups excluding carboxylic acids is 1. The van der Waals surface area contributed by atoms with Gasteiger partial charge in [-0.25, -0.2) is 9.79 Å². The molecule has 5 nitrogen and oxygen atoms in total. The SMILES string of the molecule is COC(=O)c1ccc(Cl)c(N=C(N)N)c1. The summed E-state index contributed by atoms with van der Waals surface area (Å²) in [5.41, 5.74) is 11.1. The fourth-order valence-corrected chi connectivity index (χ4v) is 1.14. The number of nitrogens with zero attached hydrogens (tertiary/aromatic N) is 1. The Balaban J connectivity index is 3.16. The van der Waals surface area contributed by atoms with E-state index in [2.05, 4.69) is 9.73 Å². The van der Waals surface area contributed by atoms with Crippen LogP contribution in [0.5, 0.6) is 0 Å². The van der Waals surface area contributed by atoms with Gasteiger partial charge in [0.15, 0.2) is 5.96 Å². The molecule has 4 N–H and O–H groups in total. The second-order valence-electron chi connectivity index (χ2n) is 2.69. The van der Waals surface area contributed by atoms with Crippen LogP contribution in [0.2, 0.25) is 5.02 Å². The summed E-state index contributed by atoms with van der Waals surface area (Å²) in [6.07, 6.45) is 0. The summed E-state index contributed by atoms with van der Waals surface area (Å²) in [7, 11) is 1.29. The van der Waals surface area contributed by atoms with Crippen LogP contribution in [0.4, 0.5) is 5.69 Å². The number of hydrogen-bond acceptors (Lipinski definition) is 3. The van der Waals surface area contributed by atoms with E-state index in [0.29, 0.717) is 16.3 Å². The van der Waals surface area contributed by atoms with Gasteiger partial charge in [-0.1, -0.05) is 11.6 Å². The highest BCUT2D eigenvalue weighted by atomic mass is 35.5. The topological polar surface area (TPSA) is 90.7 Å². The normalized spacial score (nSPS) is 9.47. The molecule has 0 radical (unpaired) electrons. The number of benzene rings is 1. The summed E-state index contributed by atoms with van der Waals surface area (Å²) in [6, 6.07) is 4.50. The molecule has 0 unspecified atom stereocenters. The molecular formula is C9H10ClN3O2. The molecule has 0 spiro atoms. The third-order valence-electron chi connectivity index (χ3n) is 1.62. The van der Waals surface area contributed by atoms with Crippen LogP contribution in [0.15, 0.2) is 23.2 Å². The first-order chi connectivity index (χ1) is 7.04. The number of aliphatic imine (C=N–C) groups is 1. The fourth-order valence-electron chi connectivity index (χ4n) is 0.982. The maximum Gasteiger partial charge on any atom is 0.337 e. The van der Waals surface area contributed by atoms with E-state index >= 15 is 0 Å². The quantitative estimate of drug-likeness (QED) is 0.449. The van der Waals surface area contributed by atoms with Gasteiger partial charge in [0.2, 0.25) is 0 Å². The largest absolute Gasteiger partial charge is 0.465 e. The van der Waals surface area contributed by atoms with Crippen molar-refractivity contribution in [1.82, 2.24) is 0 Å². The van der Waals surface area contributed by atoms with Crippen LogP contribution in [0, 0.1) is 0 Å². The van der Waals surface area contributed by atoms with E-state index in [9.17, 15) is 4.79 Å². The predicted octanol–water partition coefficient (Wildman–Crippen LogP) is 1.03. The Kier molecular flexibility index (Phi) is 3.51. The van der Waals surface area contributed by atoms with E-state index in [1.165, 1.54) is 25.3 Å². The zero-order valence-corrected chi connectivity index (χ0v) is 8.78. The van der Waals surface area contributed by atoms with Gasteiger partial charge >= 0.3 is 5.97 Å². The number of ether oxygens (including phenoxy) is 1. The van der Waals surface area contributed by atoms with Crippen molar-refractivity contribution in [3.63, 3.8) is 0 Å². The highest BCUT2D eigenvalue weighted by Crippen LogP contribution is 2.25. The maximum absolute atomic E-state index is 11.2. The van der Waals surface area contributed by atoms with Gasteiger partial charge in [-0.2, -0.15) is 0 Å². The minimum absolute atomic E-state index is 0.126. The monoisotopic (exact) mass is 227 g/mol. The smallest absolute Gasteiger partial charge is 0.337 e. The molecule has 0 aliphatic heterocycles. The van der Waals surface area contributed by atoms with Crippen molar-refractivity contribution >= 4 is 29.2 Å². The summed E-state index contributed by atoms with van der Waals surface area (Å²) in [6.45, 7) is 0. The molecule has 0 heterocycles. The number of nitrogens with two attached hydrogens (primary N) is 2. The number of guanidine groups is 1. The van der Waals surface area contributed by atoms with Crippen LogP contribution in [-0.2, 0) is 4.74 Å². The fraction of sp³-hybridized carbons (Fsp3) is 0.111. The first-order valence-electron chi connectivity index (χ1n) is 4.02. The molecule has 0 bridgehead atoms. The molecule has 1 aromatic carbocycles. The van der Waals surface area contributed by atoms with Gasteiger partial charge in [0.1, 0.15) is 0 Å². The third kappa shape index (κ3) is 2.85. The lowest BCUT2D eigenvalue weighted by Gasteiger charge is -2.02. The number of halogens is 1. The Hall–Kier alpha value is -1.75. The summed E-state index contributed by atoms with van der Waals surface area (Å²) in [4.78, 5) is 15.0. The Morgan fingerprint density at radius 2 is 2.13 bits per heavy atom. The average Bonchev–Trinajstić information content (AvgIpc) is 2.19. The molecule has 80 valence electrons. The number of carbonyl (C=O) groups is 1. The van der Waals surface area contributed by atoms with Gasteiger partial charge in [0.05, 0.1) is 23.4 Å². The van der Waals surface area contributed by atoms with Gasteiger partial charge in [-0.05, 0) is 18.2 Å². The number of hydrogen-bond donors (Lipinski definition) is 2. The van der Waals surface area contributed by atoms with Crippen LogP contribution >= 0.6 is 11.6 Å². The zero-order valence-electron chi connectivity index (χ0n) is 8.03. The van der Waals surface area contributed by atoms with Crippen molar-refractivity contribution in [2.75, 3.05) is 7.11 Å². The summed E-state index contributed by atoms with van der Waals surface area (Å²) < 4.78 is 4.54. The first kappa shape index (κ1) is 11.3. The van der Waals surface area contributed by atoms with E-state index in [0.717, 1.165) is 0 Å². The second-order valence-corrected chi connectivity index (χ2v) is 3.10. The first-order valence-corrected chi connectivity index (χ1v) is 4.40. The van der Waals surface area contributed by atoms with Crippen LogP contribution in [-0.4, -0.2) is 19.0 Å². The molecule has 0 atom stereocenters. The summed E-state index contributed by atoms with van der Waals surface area (Å²) in [5.74, 6) is -0.599. The second kappa shape index (κ2) is 4.65. The maximum atomic E-state index is 11.2. The molecule has 0 amide bonds. The van der Waals surface area contributed by atoms with E-state index in [-0.39, 0.29) is 5.96 Å². The van der Waals surface area contributed by atoms with Gasteiger partial charge in [-0.15, -0.1) is 0 Å². The molecule has 0 saturated carbocycles.